The number of rotatable bonds is 9. The lowest BCUT2D eigenvalue weighted by molar-refractivity contribution is -0.117. The molecule has 4 N–H and O–H groups in total. The van der Waals surface area contributed by atoms with Crippen molar-refractivity contribution in [2.75, 3.05) is 0 Å². The Labute approximate surface area is 534 Å². The number of allylic oxidation sites excluding steroid dienone is 2. The fourth-order valence-corrected chi connectivity index (χ4v) is 11.3. The highest BCUT2D eigenvalue weighted by atomic mass is 35.5. The number of aryl methyl sites for hydroxylation is 2. The van der Waals surface area contributed by atoms with Crippen LogP contribution in [0.2, 0.25) is 20.1 Å². The summed E-state index contributed by atoms with van der Waals surface area (Å²) in [5.74, 6) is 1.11. The topological polar surface area (TPSA) is 307 Å². The van der Waals surface area contributed by atoms with Crippen LogP contribution in [0.3, 0.4) is 0 Å². The predicted octanol–water partition coefficient (Wildman–Crippen LogP) is 8.42. The van der Waals surface area contributed by atoms with Crippen molar-refractivity contribution in [3.8, 4) is 0 Å². The Kier molecular flexibility index (Phi) is 22.7. The lowest BCUT2D eigenvalue weighted by Crippen LogP contribution is -2.29. The van der Waals surface area contributed by atoms with Gasteiger partial charge in [-0.1, -0.05) is 101 Å². The standard InChI is InChI=1S/C20H19ClN6O3.C11H13ClO.C11H11ClO.C9H8N6O3.C6H6BClO2.C5H6O/c1-25-10-22-18-17(25)19(28)26(11-23-18)9-16-24-27(20(29)30-16)15-7-4-13(8-15)12-2-5-14(21)6-3-12;2*12-10-4-1-8(2-5-10)9-3-6-11(13)7-9;1-14-3-10-7-6(14)8(16)15(4-11-7)2-5-12-13-9(17)18-5;8-6-3-1-5(2-4-6)7(9)10;6-5-3-1-2-4-5/h2-3,5-6,10-11,13,15H,4,7-9H2,1H3;1-2,4-5,9,11,13H,3,6-7H2;1-2,4-5,9H,3,6-7H2;3-4H,2H2,1H3,(H,13,17);1-4,9-10H;1,3H,2,4H2/t13-,15-;;;;;/m1...../s1. The van der Waals surface area contributed by atoms with Gasteiger partial charge in [0.1, 0.15) is 31.5 Å². The minimum Gasteiger partial charge on any atom is -0.423 e. The fourth-order valence-electron chi connectivity index (χ4n) is 10.8. The molecule has 0 saturated heterocycles. The molecule has 468 valence electrons. The van der Waals surface area contributed by atoms with Gasteiger partial charge in [-0.2, -0.15) is 4.68 Å². The van der Waals surface area contributed by atoms with E-state index in [1.54, 1.807) is 53.6 Å². The van der Waals surface area contributed by atoms with Crippen LogP contribution in [0.4, 0.5) is 0 Å². The zero-order chi connectivity index (χ0) is 64.0. The summed E-state index contributed by atoms with van der Waals surface area (Å²) in [6.07, 6.45) is 18.9. The number of benzene rings is 4. The number of H-pyrrole nitrogens is 1. The molecule has 14 rings (SSSR count). The maximum atomic E-state index is 12.7. The number of aromatic nitrogens is 12. The summed E-state index contributed by atoms with van der Waals surface area (Å²) in [5.41, 5.74) is 5.20. The molecule has 3 saturated carbocycles. The monoisotopic (exact) mass is 1300 g/mol. The van der Waals surface area contributed by atoms with Crippen molar-refractivity contribution < 1.29 is 33.6 Å². The molecule has 90 heavy (non-hydrogen) atoms. The van der Waals surface area contributed by atoms with E-state index >= 15 is 0 Å². The number of hydrogen-bond donors (Lipinski definition) is 4. The Morgan fingerprint density at radius 2 is 1.07 bits per heavy atom. The van der Waals surface area contributed by atoms with Crippen LogP contribution in [-0.2, 0) is 36.8 Å². The Morgan fingerprint density at radius 1 is 0.578 bits per heavy atom. The first-order chi connectivity index (χ1) is 43.2. The van der Waals surface area contributed by atoms with Gasteiger partial charge in [0.05, 0.1) is 24.8 Å². The van der Waals surface area contributed by atoms with Crippen LogP contribution in [0.15, 0.2) is 163 Å². The highest BCUT2D eigenvalue weighted by Gasteiger charge is 2.31. The van der Waals surface area contributed by atoms with Gasteiger partial charge in [0, 0.05) is 53.4 Å². The summed E-state index contributed by atoms with van der Waals surface area (Å²) in [5, 5.41) is 39.6. The van der Waals surface area contributed by atoms with E-state index < -0.39 is 18.6 Å². The summed E-state index contributed by atoms with van der Waals surface area (Å²) in [4.78, 5) is 85.5. The van der Waals surface area contributed by atoms with Crippen LogP contribution in [0.25, 0.3) is 22.3 Å². The molecule has 28 heteroatoms. The first-order valence-corrected chi connectivity index (χ1v) is 30.4. The van der Waals surface area contributed by atoms with Crippen molar-refractivity contribution in [3.63, 3.8) is 0 Å². The number of carbonyl (C=O) groups excluding carboxylic acids is 2. The fraction of sp³-hybridized carbons (Fsp3) is 0.323. The van der Waals surface area contributed by atoms with Crippen molar-refractivity contribution in [1.29, 1.82) is 0 Å². The average molecular weight is 1300 g/mol. The molecule has 3 fully saturated rings. The van der Waals surface area contributed by atoms with Crippen molar-refractivity contribution in [3.05, 3.63) is 225 Å². The van der Waals surface area contributed by atoms with Gasteiger partial charge in [0.2, 0.25) is 11.8 Å². The molecular weight excluding hydrogens is 1240 g/mol. The number of fused-ring (bicyclic) bond motifs is 2. The zero-order valence-corrected chi connectivity index (χ0v) is 51.9. The van der Waals surface area contributed by atoms with Gasteiger partial charge < -0.3 is 33.1 Å². The SMILES string of the molecule is Cn1cnc2ncn(Cc3n[nH]c(=O)o3)c(=O)c21.Cn1cnc2ncn(Cc3nn([C@@H]4CC[C@@H](c5ccc(Cl)cc5)C4)c(=O)o3)c(=O)c21.O=C1C=CCC1.O=C1CCC(c2ccc(Cl)cc2)C1.OB(O)c1ccc(Cl)cc1.OC1CCC(c2ccc(Cl)cc2)C1. The number of carbonyl (C=O) groups is 2. The van der Waals surface area contributed by atoms with Crippen molar-refractivity contribution in [1.82, 2.24) is 58.2 Å². The predicted molar refractivity (Wildman–Crippen MR) is 340 cm³/mol. The van der Waals surface area contributed by atoms with Crippen molar-refractivity contribution in [2.45, 2.75) is 114 Å². The van der Waals surface area contributed by atoms with E-state index in [1.807, 2.05) is 66.7 Å². The summed E-state index contributed by atoms with van der Waals surface area (Å²) in [6.45, 7) is 0.0637. The average Bonchev–Trinajstić information content (AvgIpc) is 1.71. The molecule has 4 aliphatic carbocycles. The molecule has 6 heterocycles. The third-order valence-electron chi connectivity index (χ3n) is 15.6. The van der Waals surface area contributed by atoms with Gasteiger partial charge in [-0.15, -0.1) is 10.2 Å². The minimum atomic E-state index is -1.41. The number of aliphatic hydroxyl groups is 1. The molecular formula is C62H63BCl4N12O11. The molecule has 4 aliphatic rings. The largest absolute Gasteiger partial charge is 0.488 e. The van der Waals surface area contributed by atoms with Crippen LogP contribution < -0.4 is 28.1 Å². The lowest BCUT2D eigenvalue weighted by Gasteiger charge is -2.11. The molecule has 0 spiro atoms. The van der Waals surface area contributed by atoms with Crippen molar-refractivity contribution >= 4 is 92.9 Å². The quantitative estimate of drug-likeness (QED) is 0.0985. The molecule has 0 radical (unpaired) electrons. The molecule has 5 atom stereocenters. The van der Waals surface area contributed by atoms with Gasteiger partial charge in [0.15, 0.2) is 28.1 Å². The molecule has 0 bridgehead atoms. The smallest absolute Gasteiger partial charge is 0.423 e. The number of aromatic amines is 1. The summed E-state index contributed by atoms with van der Waals surface area (Å²) < 4.78 is 17.3. The third-order valence-corrected chi connectivity index (χ3v) is 16.6. The normalized spacial score (nSPS) is 18.2. The number of ketones is 2. The van der Waals surface area contributed by atoms with E-state index in [4.69, 9.17) is 65.3 Å². The van der Waals surface area contributed by atoms with E-state index in [2.05, 4.69) is 47.4 Å². The number of Topliss-reactive ketones (excluding diaryl/α,β-unsaturated/α-hetero) is 1. The molecule has 0 aliphatic heterocycles. The number of halogens is 4. The number of nitrogens with zero attached hydrogens (tertiary/aromatic N) is 11. The highest BCUT2D eigenvalue weighted by molar-refractivity contribution is 6.58. The van der Waals surface area contributed by atoms with E-state index in [0.29, 0.717) is 67.8 Å². The van der Waals surface area contributed by atoms with Gasteiger partial charge in [-0.05, 0) is 146 Å². The maximum absolute atomic E-state index is 12.7. The molecule has 6 aromatic heterocycles. The van der Waals surface area contributed by atoms with Crippen LogP contribution in [0.1, 0.15) is 123 Å². The highest BCUT2D eigenvalue weighted by Crippen LogP contribution is 2.40. The van der Waals surface area contributed by atoms with E-state index in [9.17, 15) is 33.9 Å². The van der Waals surface area contributed by atoms with Gasteiger partial charge >= 0.3 is 18.6 Å². The number of imidazole rings is 2. The Morgan fingerprint density at radius 3 is 1.50 bits per heavy atom. The summed E-state index contributed by atoms with van der Waals surface area (Å²) in [7, 11) is 2.03. The summed E-state index contributed by atoms with van der Waals surface area (Å²) in [6, 6.07) is 29.9. The third kappa shape index (κ3) is 17.7. The number of nitrogens with one attached hydrogen (secondary N) is 1. The van der Waals surface area contributed by atoms with E-state index in [0.717, 1.165) is 74.3 Å². The first-order valence-electron chi connectivity index (χ1n) is 28.9. The molecule has 23 nitrogen and oxygen atoms in total. The van der Waals surface area contributed by atoms with E-state index in [1.165, 1.54) is 55.8 Å². The Bertz CT molecular complexity index is 4330. The number of hydrogen-bond acceptors (Lipinski definition) is 17. The lowest BCUT2D eigenvalue weighted by atomic mass is 9.81. The summed E-state index contributed by atoms with van der Waals surface area (Å²) >= 11 is 23.1. The Balaban J connectivity index is 0.000000138. The molecule has 4 aromatic carbocycles. The minimum absolute atomic E-state index is 0.0303. The first kappa shape index (κ1) is 66.1. The van der Waals surface area contributed by atoms with Crippen LogP contribution in [0.5, 0.6) is 0 Å². The molecule has 3 unspecified atom stereocenters. The van der Waals surface area contributed by atoms with Gasteiger partial charge in [-0.3, -0.25) is 28.3 Å². The second-order valence-electron chi connectivity index (χ2n) is 21.9. The molecule has 0 amide bonds. The van der Waals surface area contributed by atoms with Gasteiger partial charge in [-0.25, -0.2) is 34.6 Å². The Hall–Kier alpha value is -8.36. The number of aliphatic hydroxyl groups excluding tert-OH is 1. The van der Waals surface area contributed by atoms with Crippen LogP contribution >= 0.6 is 46.4 Å². The van der Waals surface area contributed by atoms with Gasteiger partial charge in [0.25, 0.3) is 11.1 Å². The second kappa shape index (κ2) is 30.9. The maximum Gasteiger partial charge on any atom is 0.488 e. The van der Waals surface area contributed by atoms with Crippen LogP contribution in [-0.4, -0.2) is 98.1 Å². The van der Waals surface area contributed by atoms with Crippen LogP contribution in [0, 0.1) is 0 Å². The zero-order valence-electron chi connectivity index (χ0n) is 48.9. The van der Waals surface area contributed by atoms with E-state index in [-0.39, 0.29) is 53.9 Å². The second-order valence-corrected chi connectivity index (χ2v) is 23.7. The van der Waals surface area contributed by atoms with Crippen molar-refractivity contribution in [2.24, 2.45) is 14.1 Å². The molecule has 10 aromatic rings.